The van der Waals surface area contributed by atoms with Crippen LogP contribution in [0.4, 0.5) is 0 Å². The maximum atomic E-state index is 12.5. The zero-order valence-corrected chi connectivity index (χ0v) is 12.2. The fourth-order valence-electron chi connectivity index (χ4n) is 3.22. The van der Waals surface area contributed by atoms with E-state index in [1.54, 1.807) is 11.1 Å². The van der Waals surface area contributed by atoms with Crippen LogP contribution in [0.3, 0.4) is 0 Å². The number of carbonyl (C=O) groups is 2. The van der Waals surface area contributed by atoms with Crippen LogP contribution in [0.5, 0.6) is 0 Å². The lowest BCUT2D eigenvalue weighted by atomic mass is 10.1. The van der Waals surface area contributed by atoms with E-state index in [1.165, 1.54) is 25.2 Å². The molecule has 2 aliphatic heterocycles. The van der Waals surface area contributed by atoms with Crippen molar-refractivity contribution in [3.05, 3.63) is 24.3 Å². The predicted molar refractivity (Wildman–Crippen MR) is 75.9 cm³/mol. The van der Waals surface area contributed by atoms with Crippen molar-refractivity contribution in [2.24, 2.45) is 5.92 Å². The number of fused-ring (bicyclic) bond motifs is 1. The number of hydrogen-bond acceptors (Lipinski definition) is 5. The number of amides is 2. The fourth-order valence-corrected chi connectivity index (χ4v) is 3.22. The second-order valence-corrected chi connectivity index (χ2v) is 6.21. The summed E-state index contributed by atoms with van der Waals surface area (Å²) in [5, 5.41) is 0. The number of nitrogens with zero attached hydrogens (tertiary/aromatic N) is 4. The van der Waals surface area contributed by atoms with Crippen molar-refractivity contribution < 1.29 is 14.3 Å². The first-order chi connectivity index (χ1) is 10.7. The van der Waals surface area contributed by atoms with E-state index in [2.05, 4.69) is 9.97 Å². The van der Waals surface area contributed by atoms with E-state index in [0.29, 0.717) is 24.7 Å². The van der Waals surface area contributed by atoms with Gasteiger partial charge in [-0.3, -0.25) is 14.6 Å². The van der Waals surface area contributed by atoms with Crippen LogP contribution in [-0.4, -0.2) is 70.0 Å². The Hall–Kier alpha value is -2.02. The Bertz CT molecular complexity index is 590. The van der Waals surface area contributed by atoms with E-state index in [4.69, 9.17) is 4.74 Å². The highest BCUT2D eigenvalue weighted by Gasteiger charge is 2.46. The molecule has 2 unspecified atom stereocenters. The molecule has 0 spiro atoms. The molecule has 2 amide bonds. The standard InChI is InChI=1S/C15H18N4O3/c20-14-9-22-13-8-18(15(21)11-5-16-3-4-17-11)7-12(13)19(14)6-10-1-2-10/h3-5,10,12-13H,1-2,6-9H2. The van der Waals surface area contributed by atoms with Crippen molar-refractivity contribution in [2.45, 2.75) is 25.0 Å². The van der Waals surface area contributed by atoms with Crippen molar-refractivity contribution in [1.29, 1.82) is 0 Å². The van der Waals surface area contributed by atoms with Crippen LogP contribution >= 0.6 is 0 Å². The van der Waals surface area contributed by atoms with Crippen LogP contribution in [-0.2, 0) is 9.53 Å². The quantitative estimate of drug-likeness (QED) is 0.782. The summed E-state index contributed by atoms with van der Waals surface area (Å²) in [7, 11) is 0. The molecule has 0 radical (unpaired) electrons. The first-order valence-corrected chi connectivity index (χ1v) is 7.69. The largest absolute Gasteiger partial charge is 0.364 e. The minimum atomic E-state index is -0.148. The SMILES string of the molecule is O=C(c1cnccn1)N1CC2OCC(=O)N(CC3CC3)C2C1. The summed E-state index contributed by atoms with van der Waals surface area (Å²) in [4.78, 5) is 36.2. The molecular weight excluding hydrogens is 284 g/mol. The topological polar surface area (TPSA) is 75.6 Å². The first-order valence-electron chi connectivity index (χ1n) is 7.69. The van der Waals surface area contributed by atoms with Gasteiger partial charge in [0, 0.05) is 32.0 Å². The molecule has 1 aliphatic carbocycles. The van der Waals surface area contributed by atoms with Crippen molar-refractivity contribution >= 4 is 11.8 Å². The lowest BCUT2D eigenvalue weighted by molar-refractivity contribution is -0.153. The van der Waals surface area contributed by atoms with Crippen LogP contribution in [0.2, 0.25) is 0 Å². The van der Waals surface area contributed by atoms with Gasteiger partial charge in [0.2, 0.25) is 5.91 Å². The number of morpholine rings is 1. The molecular formula is C15H18N4O3. The van der Waals surface area contributed by atoms with Gasteiger partial charge in [-0.25, -0.2) is 4.98 Å². The van der Waals surface area contributed by atoms with Crippen molar-refractivity contribution in [2.75, 3.05) is 26.2 Å². The minimum absolute atomic E-state index is 0.0255. The Balaban J connectivity index is 1.49. The smallest absolute Gasteiger partial charge is 0.274 e. The Morgan fingerprint density at radius 2 is 2.18 bits per heavy atom. The third-order valence-electron chi connectivity index (χ3n) is 4.60. The summed E-state index contributed by atoms with van der Waals surface area (Å²) in [6.07, 6.45) is 6.83. The van der Waals surface area contributed by atoms with Gasteiger partial charge in [-0.1, -0.05) is 0 Å². The minimum Gasteiger partial charge on any atom is -0.364 e. The Kier molecular flexibility index (Phi) is 3.29. The summed E-state index contributed by atoms with van der Waals surface area (Å²) >= 11 is 0. The van der Waals surface area contributed by atoms with Gasteiger partial charge in [0.1, 0.15) is 12.3 Å². The second kappa shape index (κ2) is 5.31. The maximum Gasteiger partial charge on any atom is 0.274 e. The van der Waals surface area contributed by atoms with E-state index in [-0.39, 0.29) is 30.6 Å². The normalized spacial score (nSPS) is 27.9. The van der Waals surface area contributed by atoms with Gasteiger partial charge < -0.3 is 14.5 Å². The second-order valence-electron chi connectivity index (χ2n) is 6.21. The molecule has 0 bridgehead atoms. The van der Waals surface area contributed by atoms with Crippen LogP contribution in [0.1, 0.15) is 23.3 Å². The van der Waals surface area contributed by atoms with Crippen LogP contribution in [0.15, 0.2) is 18.6 Å². The number of ether oxygens (including phenoxy) is 1. The predicted octanol–water partition coefficient (Wildman–Crippen LogP) is -0.0616. The van der Waals surface area contributed by atoms with E-state index in [0.717, 1.165) is 6.54 Å². The zero-order valence-electron chi connectivity index (χ0n) is 12.2. The summed E-state index contributed by atoms with van der Waals surface area (Å²) in [5.41, 5.74) is 0.334. The molecule has 1 saturated carbocycles. The summed E-state index contributed by atoms with van der Waals surface area (Å²) in [5.74, 6) is 0.527. The first kappa shape index (κ1) is 13.6. The number of aromatic nitrogens is 2. The van der Waals surface area contributed by atoms with Crippen LogP contribution in [0, 0.1) is 5.92 Å². The van der Waals surface area contributed by atoms with Gasteiger partial charge in [0.25, 0.3) is 5.91 Å². The molecule has 2 atom stereocenters. The van der Waals surface area contributed by atoms with Crippen LogP contribution < -0.4 is 0 Å². The van der Waals surface area contributed by atoms with Crippen molar-refractivity contribution in [1.82, 2.24) is 19.8 Å². The molecule has 0 N–H and O–H groups in total. The third kappa shape index (κ3) is 2.45. The molecule has 3 aliphatic rings. The molecule has 2 saturated heterocycles. The summed E-state index contributed by atoms with van der Waals surface area (Å²) < 4.78 is 5.64. The Morgan fingerprint density at radius 1 is 1.32 bits per heavy atom. The van der Waals surface area contributed by atoms with Crippen LogP contribution in [0.25, 0.3) is 0 Å². The molecule has 3 heterocycles. The molecule has 22 heavy (non-hydrogen) atoms. The Morgan fingerprint density at radius 3 is 2.91 bits per heavy atom. The highest BCUT2D eigenvalue weighted by molar-refractivity contribution is 5.92. The van der Waals surface area contributed by atoms with Gasteiger partial charge in [0.05, 0.1) is 18.3 Å². The number of likely N-dealkylation sites (tertiary alicyclic amines) is 1. The number of rotatable bonds is 3. The van der Waals surface area contributed by atoms with Gasteiger partial charge in [0.15, 0.2) is 0 Å². The lowest BCUT2D eigenvalue weighted by Crippen LogP contribution is -2.54. The molecule has 7 heteroatoms. The fraction of sp³-hybridized carbons (Fsp3) is 0.600. The molecule has 3 fully saturated rings. The van der Waals surface area contributed by atoms with E-state index in [1.807, 2.05) is 4.90 Å². The third-order valence-corrected chi connectivity index (χ3v) is 4.60. The van der Waals surface area contributed by atoms with Gasteiger partial charge in [-0.15, -0.1) is 0 Å². The molecule has 116 valence electrons. The number of hydrogen-bond donors (Lipinski definition) is 0. The maximum absolute atomic E-state index is 12.5. The van der Waals surface area contributed by atoms with E-state index in [9.17, 15) is 9.59 Å². The van der Waals surface area contributed by atoms with Crippen molar-refractivity contribution in [3.63, 3.8) is 0 Å². The number of carbonyl (C=O) groups excluding carboxylic acids is 2. The summed E-state index contributed by atoms with van der Waals surface area (Å²) in [6.45, 7) is 1.95. The highest BCUT2D eigenvalue weighted by atomic mass is 16.5. The summed E-state index contributed by atoms with van der Waals surface area (Å²) in [6, 6.07) is -0.0255. The van der Waals surface area contributed by atoms with Crippen molar-refractivity contribution in [3.8, 4) is 0 Å². The molecule has 0 aromatic carbocycles. The van der Waals surface area contributed by atoms with E-state index < -0.39 is 0 Å². The Labute approximate surface area is 128 Å². The molecule has 7 nitrogen and oxygen atoms in total. The lowest BCUT2D eigenvalue weighted by Gasteiger charge is -2.36. The van der Waals surface area contributed by atoms with Gasteiger partial charge in [-0.2, -0.15) is 0 Å². The molecule has 1 aromatic rings. The van der Waals surface area contributed by atoms with Gasteiger partial charge >= 0.3 is 0 Å². The molecule has 1 aromatic heterocycles. The average Bonchev–Trinajstić information content (AvgIpc) is 3.26. The zero-order chi connectivity index (χ0) is 15.1. The van der Waals surface area contributed by atoms with Gasteiger partial charge in [-0.05, 0) is 18.8 Å². The molecule has 4 rings (SSSR count). The van der Waals surface area contributed by atoms with E-state index >= 15 is 0 Å². The highest BCUT2D eigenvalue weighted by Crippen LogP contribution is 2.33. The monoisotopic (exact) mass is 302 g/mol. The average molecular weight is 302 g/mol.